The molecule has 1 aromatic heterocycles. The molecule has 5 heteroatoms. The highest BCUT2D eigenvalue weighted by atomic mass is 16.5. The van der Waals surface area contributed by atoms with E-state index >= 15 is 0 Å². The van der Waals surface area contributed by atoms with E-state index < -0.39 is 0 Å². The fraction of sp³-hybridized carbons (Fsp3) is 0.643. The number of aryl methyl sites for hydroxylation is 1. The Morgan fingerprint density at radius 3 is 3.05 bits per heavy atom. The topological polar surface area (TPSA) is 55.3 Å². The van der Waals surface area contributed by atoms with Gasteiger partial charge in [-0.1, -0.05) is 6.92 Å². The van der Waals surface area contributed by atoms with Crippen molar-refractivity contribution in [3.05, 3.63) is 24.0 Å². The van der Waals surface area contributed by atoms with Gasteiger partial charge in [0.1, 0.15) is 0 Å². The minimum atomic E-state index is -0.0738. The van der Waals surface area contributed by atoms with Crippen molar-refractivity contribution in [1.29, 1.82) is 0 Å². The molecule has 1 amide bonds. The second kappa shape index (κ2) is 6.73. The molecule has 2 rings (SSSR count). The third kappa shape index (κ3) is 3.81. The van der Waals surface area contributed by atoms with Crippen LogP contribution < -0.4 is 10.6 Å². The molecule has 2 N–H and O–H groups in total. The molecule has 0 aromatic carbocycles. The molecule has 0 bridgehead atoms. The predicted octanol–water partition coefficient (Wildman–Crippen LogP) is 0.656. The molecular formula is C14H23N3O2. The molecule has 19 heavy (non-hydrogen) atoms. The number of ether oxygens (including phenoxy) is 1. The summed E-state index contributed by atoms with van der Waals surface area (Å²) >= 11 is 0. The molecule has 0 spiro atoms. The highest BCUT2D eigenvalue weighted by Gasteiger charge is 2.33. The number of nitrogens with one attached hydrogen (secondary N) is 2. The number of carbonyl (C=O) groups is 1. The van der Waals surface area contributed by atoms with Crippen LogP contribution in [-0.4, -0.2) is 36.3 Å². The molecule has 2 atom stereocenters. The molecule has 0 saturated carbocycles. The quantitative estimate of drug-likeness (QED) is 0.794. The molecule has 1 saturated heterocycles. The van der Waals surface area contributed by atoms with E-state index in [4.69, 9.17) is 4.74 Å². The molecule has 1 aromatic rings. The van der Waals surface area contributed by atoms with Gasteiger partial charge in [0.25, 0.3) is 0 Å². The van der Waals surface area contributed by atoms with Crippen LogP contribution in [0.4, 0.5) is 0 Å². The zero-order valence-electron chi connectivity index (χ0n) is 11.7. The molecule has 1 fully saturated rings. The van der Waals surface area contributed by atoms with Gasteiger partial charge in [-0.3, -0.25) is 4.79 Å². The number of nitrogens with zero attached hydrogens (tertiary/aromatic N) is 1. The van der Waals surface area contributed by atoms with E-state index in [2.05, 4.69) is 17.6 Å². The standard InChI is InChI=1S/C14H23N3O2/c1-3-5-15-13-10-19-9-12(13)14(18)16-7-11-4-6-17(2)8-11/h4,6,8,12-13,15H,3,5,7,9-10H2,1-2H3,(H,16,18). The lowest BCUT2D eigenvalue weighted by Crippen LogP contribution is -2.44. The van der Waals surface area contributed by atoms with E-state index in [1.54, 1.807) is 0 Å². The Bertz CT molecular complexity index is 417. The summed E-state index contributed by atoms with van der Waals surface area (Å²) in [5.74, 6) is 0.00483. The number of aromatic nitrogens is 1. The summed E-state index contributed by atoms with van der Waals surface area (Å²) in [4.78, 5) is 12.2. The average Bonchev–Trinajstić information content (AvgIpc) is 3.02. The molecule has 5 nitrogen and oxygen atoms in total. The zero-order valence-corrected chi connectivity index (χ0v) is 11.7. The number of hydrogen-bond donors (Lipinski definition) is 2. The smallest absolute Gasteiger partial charge is 0.227 e. The Morgan fingerprint density at radius 1 is 1.53 bits per heavy atom. The first-order valence-electron chi connectivity index (χ1n) is 6.90. The van der Waals surface area contributed by atoms with Gasteiger partial charge in [0.2, 0.25) is 5.91 Å². The molecular weight excluding hydrogens is 242 g/mol. The van der Waals surface area contributed by atoms with Crippen LogP contribution in [0, 0.1) is 5.92 Å². The van der Waals surface area contributed by atoms with Crippen LogP contribution in [0.25, 0.3) is 0 Å². The van der Waals surface area contributed by atoms with Crippen LogP contribution >= 0.6 is 0 Å². The van der Waals surface area contributed by atoms with Gasteiger partial charge in [-0.25, -0.2) is 0 Å². The van der Waals surface area contributed by atoms with E-state index in [0.29, 0.717) is 19.8 Å². The minimum absolute atomic E-state index is 0.0738. The Kier molecular flexibility index (Phi) is 4.99. The van der Waals surface area contributed by atoms with Crippen LogP contribution in [0.2, 0.25) is 0 Å². The highest BCUT2D eigenvalue weighted by Crippen LogP contribution is 2.14. The van der Waals surface area contributed by atoms with Crippen molar-refractivity contribution in [2.45, 2.75) is 25.9 Å². The first kappa shape index (κ1) is 14.1. The summed E-state index contributed by atoms with van der Waals surface area (Å²) < 4.78 is 7.39. The zero-order chi connectivity index (χ0) is 13.7. The van der Waals surface area contributed by atoms with Crippen LogP contribution in [-0.2, 0) is 23.1 Å². The lowest BCUT2D eigenvalue weighted by atomic mass is 10.0. The fourth-order valence-electron chi connectivity index (χ4n) is 2.33. The van der Waals surface area contributed by atoms with Gasteiger partial charge in [-0.2, -0.15) is 0 Å². The van der Waals surface area contributed by atoms with Gasteiger partial charge in [0.15, 0.2) is 0 Å². The maximum atomic E-state index is 12.2. The normalized spacial score (nSPS) is 22.6. The van der Waals surface area contributed by atoms with Gasteiger partial charge < -0.3 is 19.9 Å². The second-order valence-electron chi connectivity index (χ2n) is 5.11. The fourth-order valence-corrected chi connectivity index (χ4v) is 2.33. The van der Waals surface area contributed by atoms with Crippen LogP contribution in [0.15, 0.2) is 18.5 Å². The number of amides is 1. The van der Waals surface area contributed by atoms with Crippen molar-refractivity contribution in [3.8, 4) is 0 Å². The third-order valence-electron chi connectivity index (χ3n) is 3.43. The van der Waals surface area contributed by atoms with Crippen LogP contribution in [0.1, 0.15) is 18.9 Å². The van der Waals surface area contributed by atoms with Gasteiger partial charge >= 0.3 is 0 Å². The maximum absolute atomic E-state index is 12.2. The monoisotopic (exact) mass is 265 g/mol. The van der Waals surface area contributed by atoms with Crippen molar-refractivity contribution in [2.75, 3.05) is 19.8 Å². The van der Waals surface area contributed by atoms with Crippen molar-refractivity contribution in [1.82, 2.24) is 15.2 Å². The maximum Gasteiger partial charge on any atom is 0.227 e. The summed E-state index contributed by atoms with van der Waals surface area (Å²) in [7, 11) is 1.97. The lowest BCUT2D eigenvalue weighted by molar-refractivity contribution is -0.125. The SMILES string of the molecule is CCCNC1COCC1C(=O)NCc1ccn(C)c1. The summed E-state index contributed by atoms with van der Waals surface area (Å²) in [6.07, 6.45) is 5.05. The Balaban J connectivity index is 1.81. The molecule has 0 radical (unpaired) electrons. The summed E-state index contributed by atoms with van der Waals surface area (Å²) in [6, 6.07) is 2.16. The van der Waals surface area contributed by atoms with Crippen molar-refractivity contribution in [3.63, 3.8) is 0 Å². The minimum Gasteiger partial charge on any atom is -0.379 e. The first-order valence-corrected chi connectivity index (χ1v) is 6.90. The van der Waals surface area contributed by atoms with Gasteiger partial charge in [0.05, 0.1) is 19.1 Å². The Morgan fingerprint density at radius 2 is 2.37 bits per heavy atom. The van der Waals surface area contributed by atoms with E-state index in [-0.39, 0.29) is 17.9 Å². The van der Waals surface area contributed by atoms with E-state index in [9.17, 15) is 4.79 Å². The first-order chi connectivity index (χ1) is 9.20. The van der Waals surface area contributed by atoms with Crippen molar-refractivity contribution in [2.24, 2.45) is 13.0 Å². The summed E-state index contributed by atoms with van der Waals surface area (Å²) in [5, 5.41) is 6.36. The van der Waals surface area contributed by atoms with Crippen LogP contribution in [0.5, 0.6) is 0 Å². The highest BCUT2D eigenvalue weighted by molar-refractivity contribution is 5.79. The number of rotatable bonds is 6. The number of carbonyl (C=O) groups excluding carboxylic acids is 1. The van der Waals surface area contributed by atoms with Crippen molar-refractivity contribution < 1.29 is 9.53 Å². The summed E-state index contributed by atoms with van der Waals surface area (Å²) in [6.45, 7) is 4.77. The largest absolute Gasteiger partial charge is 0.379 e. The Labute approximate surface area is 114 Å². The van der Waals surface area contributed by atoms with Crippen molar-refractivity contribution >= 4 is 5.91 Å². The van der Waals surface area contributed by atoms with E-state index in [1.807, 2.05) is 30.1 Å². The van der Waals surface area contributed by atoms with E-state index in [0.717, 1.165) is 18.5 Å². The predicted molar refractivity (Wildman–Crippen MR) is 73.7 cm³/mol. The van der Waals surface area contributed by atoms with Gasteiger partial charge in [-0.15, -0.1) is 0 Å². The number of hydrogen-bond acceptors (Lipinski definition) is 3. The van der Waals surface area contributed by atoms with Gasteiger partial charge in [-0.05, 0) is 24.6 Å². The second-order valence-corrected chi connectivity index (χ2v) is 5.11. The van der Waals surface area contributed by atoms with Crippen LogP contribution in [0.3, 0.4) is 0 Å². The van der Waals surface area contributed by atoms with Gasteiger partial charge in [0, 0.05) is 32.0 Å². The summed E-state index contributed by atoms with van der Waals surface area (Å²) in [5.41, 5.74) is 1.12. The Hall–Kier alpha value is -1.33. The molecule has 2 unspecified atom stereocenters. The molecule has 106 valence electrons. The molecule has 1 aliphatic rings. The molecule has 2 heterocycles. The third-order valence-corrected chi connectivity index (χ3v) is 3.43. The molecule has 1 aliphatic heterocycles. The van der Waals surface area contributed by atoms with E-state index in [1.165, 1.54) is 0 Å². The average molecular weight is 265 g/mol. The molecule has 0 aliphatic carbocycles. The lowest BCUT2D eigenvalue weighted by Gasteiger charge is -2.18.